The monoisotopic (exact) mass is 240 g/mol. The maximum absolute atomic E-state index is 10.6. The average Bonchev–Trinajstić information content (AvgIpc) is 2.45. The first-order valence-corrected chi connectivity index (χ1v) is 6.04. The Hall–Kier alpha value is -1.93. The van der Waals surface area contributed by atoms with Gasteiger partial charge in [0.2, 0.25) is 0 Å². The van der Waals surface area contributed by atoms with E-state index in [0.717, 1.165) is 23.8 Å². The van der Waals surface area contributed by atoms with E-state index in [1.807, 2.05) is 48.5 Å². The third-order valence-corrected chi connectivity index (χ3v) is 2.73. The molecule has 2 nitrogen and oxygen atoms in total. The fourth-order valence-electron chi connectivity index (χ4n) is 1.78. The number of carbonyl (C=O) groups is 1. The topological polar surface area (TPSA) is 26.3 Å². The highest BCUT2D eigenvalue weighted by molar-refractivity contribution is 5.74. The average molecular weight is 240 g/mol. The lowest BCUT2D eigenvalue weighted by molar-refractivity contribution is 0.112. The lowest BCUT2D eigenvalue weighted by Gasteiger charge is -2.05. The van der Waals surface area contributed by atoms with Gasteiger partial charge in [-0.3, -0.25) is 4.79 Å². The molecular formula is C16H16O2. The van der Waals surface area contributed by atoms with Gasteiger partial charge in [-0.25, -0.2) is 0 Å². The molecule has 0 bridgehead atoms. The zero-order valence-electron chi connectivity index (χ0n) is 10.2. The van der Waals surface area contributed by atoms with E-state index < -0.39 is 0 Å². The molecule has 0 saturated heterocycles. The van der Waals surface area contributed by atoms with Gasteiger partial charge >= 0.3 is 0 Å². The quantitative estimate of drug-likeness (QED) is 0.572. The minimum absolute atomic E-state index is 0.633. The van der Waals surface area contributed by atoms with Gasteiger partial charge in [-0.2, -0.15) is 0 Å². The fourth-order valence-corrected chi connectivity index (χ4v) is 1.78. The summed E-state index contributed by atoms with van der Waals surface area (Å²) >= 11 is 0. The molecule has 2 aromatic rings. The van der Waals surface area contributed by atoms with Crippen LogP contribution >= 0.6 is 0 Å². The molecule has 2 rings (SSSR count). The van der Waals surface area contributed by atoms with Gasteiger partial charge in [0.05, 0.1) is 13.2 Å². The van der Waals surface area contributed by atoms with Crippen LogP contribution in [0.2, 0.25) is 0 Å². The van der Waals surface area contributed by atoms with Gasteiger partial charge in [-0.05, 0) is 23.6 Å². The van der Waals surface area contributed by atoms with E-state index >= 15 is 0 Å². The van der Waals surface area contributed by atoms with Crippen LogP contribution in [0.25, 0.3) is 0 Å². The molecule has 0 unspecified atom stereocenters. The van der Waals surface area contributed by atoms with Crippen molar-refractivity contribution in [1.29, 1.82) is 0 Å². The molecule has 0 atom stereocenters. The molecule has 18 heavy (non-hydrogen) atoms. The van der Waals surface area contributed by atoms with E-state index in [2.05, 4.69) is 0 Å². The molecule has 0 aromatic heterocycles. The third-order valence-electron chi connectivity index (χ3n) is 2.73. The molecule has 92 valence electrons. The number of rotatable bonds is 6. The Labute approximate surface area is 107 Å². The highest BCUT2D eigenvalue weighted by Gasteiger charge is 1.96. The van der Waals surface area contributed by atoms with E-state index in [1.54, 1.807) is 6.07 Å². The number of hydrogen-bond donors (Lipinski definition) is 0. The molecule has 0 aliphatic heterocycles. The van der Waals surface area contributed by atoms with Crippen LogP contribution in [0.1, 0.15) is 21.5 Å². The molecule has 0 heterocycles. The van der Waals surface area contributed by atoms with Gasteiger partial charge < -0.3 is 4.74 Å². The summed E-state index contributed by atoms with van der Waals surface area (Å²) in [5.74, 6) is 0. The number of aldehydes is 1. The van der Waals surface area contributed by atoms with Crippen LogP contribution in [0.5, 0.6) is 0 Å². The molecule has 0 N–H and O–H groups in total. The van der Waals surface area contributed by atoms with Crippen LogP contribution in [0.3, 0.4) is 0 Å². The van der Waals surface area contributed by atoms with Crippen LogP contribution in [-0.2, 0) is 17.8 Å². The Morgan fingerprint density at radius 1 is 0.944 bits per heavy atom. The molecule has 0 aliphatic rings. The van der Waals surface area contributed by atoms with Gasteiger partial charge in [0.25, 0.3) is 0 Å². The summed E-state index contributed by atoms with van der Waals surface area (Å²) in [6, 6.07) is 17.7. The second-order valence-corrected chi connectivity index (χ2v) is 4.15. The number of hydrogen-bond acceptors (Lipinski definition) is 2. The molecule has 0 radical (unpaired) electrons. The van der Waals surface area contributed by atoms with Gasteiger partial charge in [0.1, 0.15) is 6.29 Å². The lowest BCUT2D eigenvalue weighted by Crippen LogP contribution is -1.99. The van der Waals surface area contributed by atoms with Gasteiger partial charge in [-0.1, -0.05) is 48.5 Å². The molecule has 0 fully saturated rings. The molecule has 0 saturated carbocycles. The van der Waals surface area contributed by atoms with Crippen LogP contribution in [0, 0.1) is 0 Å². The van der Waals surface area contributed by atoms with Crippen molar-refractivity contribution in [3.63, 3.8) is 0 Å². The molecule has 0 aliphatic carbocycles. The Balaban J connectivity index is 1.76. The SMILES string of the molecule is O=Cc1cccc(CCOCc2ccccc2)c1. The smallest absolute Gasteiger partial charge is 0.150 e. The summed E-state index contributed by atoms with van der Waals surface area (Å²) in [6.07, 6.45) is 1.70. The van der Waals surface area contributed by atoms with E-state index in [1.165, 1.54) is 5.56 Å². The highest BCUT2D eigenvalue weighted by atomic mass is 16.5. The highest BCUT2D eigenvalue weighted by Crippen LogP contribution is 2.06. The van der Waals surface area contributed by atoms with E-state index in [4.69, 9.17) is 4.74 Å². The normalized spacial score (nSPS) is 10.2. The van der Waals surface area contributed by atoms with Crippen molar-refractivity contribution in [2.45, 2.75) is 13.0 Å². The standard InChI is InChI=1S/C16H16O2/c17-12-16-8-4-7-14(11-16)9-10-18-13-15-5-2-1-3-6-15/h1-8,11-12H,9-10,13H2. The van der Waals surface area contributed by atoms with Crippen molar-refractivity contribution in [3.05, 3.63) is 71.3 Å². The number of carbonyl (C=O) groups excluding carboxylic acids is 1. The van der Waals surface area contributed by atoms with E-state index in [-0.39, 0.29) is 0 Å². The van der Waals surface area contributed by atoms with Gasteiger partial charge in [-0.15, -0.1) is 0 Å². The third kappa shape index (κ3) is 3.82. The summed E-state index contributed by atoms with van der Waals surface area (Å²) in [7, 11) is 0. The van der Waals surface area contributed by atoms with Crippen molar-refractivity contribution >= 4 is 6.29 Å². The maximum Gasteiger partial charge on any atom is 0.150 e. The molecular weight excluding hydrogens is 224 g/mol. The predicted molar refractivity (Wildman–Crippen MR) is 71.6 cm³/mol. The first kappa shape index (κ1) is 12.5. The van der Waals surface area contributed by atoms with Crippen molar-refractivity contribution in [2.24, 2.45) is 0 Å². The molecule has 2 aromatic carbocycles. The van der Waals surface area contributed by atoms with E-state index in [9.17, 15) is 4.79 Å². The maximum atomic E-state index is 10.6. The van der Waals surface area contributed by atoms with Gasteiger partial charge in [0, 0.05) is 5.56 Å². The Kier molecular flexibility index (Phi) is 4.68. The first-order chi connectivity index (χ1) is 8.88. The van der Waals surface area contributed by atoms with Crippen LogP contribution in [0.4, 0.5) is 0 Å². The zero-order chi connectivity index (χ0) is 12.6. The predicted octanol–water partition coefficient (Wildman–Crippen LogP) is 3.26. The van der Waals surface area contributed by atoms with Crippen LogP contribution < -0.4 is 0 Å². The second kappa shape index (κ2) is 6.72. The zero-order valence-corrected chi connectivity index (χ0v) is 10.2. The second-order valence-electron chi connectivity index (χ2n) is 4.15. The lowest BCUT2D eigenvalue weighted by atomic mass is 10.1. The Morgan fingerprint density at radius 2 is 1.72 bits per heavy atom. The summed E-state index contributed by atoms with van der Waals surface area (Å²) in [5.41, 5.74) is 3.03. The van der Waals surface area contributed by atoms with Gasteiger partial charge in [0.15, 0.2) is 0 Å². The van der Waals surface area contributed by atoms with Crippen molar-refractivity contribution in [3.8, 4) is 0 Å². The van der Waals surface area contributed by atoms with Crippen molar-refractivity contribution < 1.29 is 9.53 Å². The molecule has 0 spiro atoms. The number of ether oxygens (including phenoxy) is 1. The summed E-state index contributed by atoms with van der Waals surface area (Å²) < 4.78 is 5.61. The summed E-state index contributed by atoms with van der Waals surface area (Å²) in [4.78, 5) is 10.6. The molecule has 2 heteroatoms. The largest absolute Gasteiger partial charge is 0.376 e. The van der Waals surface area contributed by atoms with E-state index in [0.29, 0.717) is 13.2 Å². The molecule has 0 amide bonds. The summed E-state index contributed by atoms with van der Waals surface area (Å²) in [6.45, 7) is 1.30. The van der Waals surface area contributed by atoms with Crippen LogP contribution in [0.15, 0.2) is 54.6 Å². The summed E-state index contributed by atoms with van der Waals surface area (Å²) in [5, 5.41) is 0. The van der Waals surface area contributed by atoms with Crippen molar-refractivity contribution in [1.82, 2.24) is 0 Å². The number of benzene rings is 2. The minimum Gasteiger partial charge on any atom is -0.376 e. The first-order valence-electron chi connectivity index (χ1n) is 6.04. The Morgan fingerprint density at radius 3 is 2.50 bits per heavy atom. The fraction of sp³-hybridized carbons (Fsp3) is 0.188. The Bertz CT molecular complexity index is 491. The van der Waals surface area contributed by atoms with Crippen molar-refractivity contribution in [2.75, 3.05) is 6.61 Å². The van der Waals surface area contributed by atoms with Crippen LogP contribution in [-0.4, -0.2) is 12.9 Å². The minimum atomic E-state index is 0.633.